The van der Waals surface area contributed by atoms with Gasteiger partial charge in [-0.1, -0.05) is 24.3 Å². The van der Waals surface area contributed by atoms with Crippen LogP contribution in [0.5, 0.6) is 5.75 Å². The van der Waals surface area contributed by atoms with Gasteiger partial charge in [0.2, 0.25) is 5.91 Å². The molecule has 5 heteroatoms. The summed E-state index contributed by atoms with van der Waals surface area (Å²) >= 11 is 1.21. The van der Waals surface area contributed by atoms with Crippen molar-refractivity contribution in [2.75, 3.05) is 7.11 Å². The van der Waals surface area contributed by atoms with Crippen molar-refractivity contribution in [2.45, 2.75) is 23.6 Å². The quantitative estimate of drug-likeness (QED) is 0.826. The van der Waals surface area contributed by atoms with Crippen LogP contribution in [0.2, 0.25) is 0 Å². The van der Waals surface area contributed by atoms with Crippen LogP contribution in [-0.4, -0.2) is 18.3 Å². The second-order valence-corrected chi connectivity index (χ2v) is 6.14. The van der Waals surface area contributed by atoms with Gasteiger partial charge in [0.15, 0.2) is 0 Å². The molecule has 0 aliphatic heterocycles. The summed E-state index contributed by atoms with van der Waals surface area (Å²) in [5.41, 5.74) is 0.984. The summed E-state index contributed by atoms with van der Waals surface area (Å²) in [6.07, 6.45) is 0. The number of hydrogen-bond acceptors (Lipinski definition) is 3. The van der Waals surface area contributed by atoms with E-state index in [1.807, 2.05) is 24.3 Å². The molecule has 2 rings (SSSR count). The lowest BCUT2D eigenvalue weighted by molar-refractivity contribution is -0.120. The van der Waals surface area contributed by atoms with Crippen molar-refractivity contribution in [3.63, 3.8) is 0 Å². The van der Waals surface area contributed by atoms with Gasteiger partial charge >= 0.3 is 0 Å². The molecule has 0 spiro atoms. The van der Waals surface area contributed by atoms with Crippen molar-refractivity contribution in [2.24, 2.45) is 0 Å². The first-order valence-electron chi connectivity index (χ1n) is 6.92. The van der Waals surface area contributed by atoms with Crippen molar-refractivity contribution >= 4 is 17.7 Å². The average Bonchev–Trinajstić information content (AvgIpc) is 2.55. The van der Waals surface area contributed by atoms with E-state index in [1.54, 1.807) is 32.2 Å². The summed E-state index contributed by atoms with van der Waals surface area (Å²) in [5, 5.41) is 2.49. The second kappa shape index (κ2) is 7.84. The van der Waals surface area contributed by atoms with Crippen LogP contribution in [0, 0.1) is 5.82 Å². The Labute approximate surface area is 133 Å². The minimum Gasteiger partial charge on any atom is -0.497 e. The maximum absolute atomic E-state index is 13.6. The number of halogens is 1. The smallest absolute Gasteiger partial charge is 0.233 e. The second-order valence-electron chi connectivity index (χ2n) is 4.76. The summed E-state index contributed by atoms with van der Waals surface area (Å²) < 4.78 is 18.7. The third kappa shape index (κ3) is 4.49. The molecular weight excluding hydrogens is 301 g/mol. The van der Waals surface area contributed by atoms with Gasteiger partial charge in [-0.15, -0.1) is 11.8 Å². The lowest BCUT2D eigenvalue weighted by Crippen LogP contribution is -2.30. The van der Waals surface area contributed by atoms with Gasteiger partial charge in [-0.2, -0.15) is 0 Å². The van der Waals surface area contributed by atoms with Gasteiger partial charge in [0.25, 0.3) is 0 Å². The first-order chi connectivity index (χ1) is 10.6. The molecule has 3 nitrogen and oxygen atoms in total. The Hall–Kier alpha value is -2.01. The summed E-state index contributed by atoms with van der Waals surface area (Å²) in [5.74, 6) is 0.352. The number of ether oxygens (including phenoxy) is 1. The van der Waals surface area contributed by atoms with Crippen LogP contribution >= 0.6 is 11.8 Å². The first-order valence-corrected chi connectivity index (χ1v) is 7.80. The van der Waals surface area contributed by atoms with E-state index < -0.39 is 0 Å². The topological polar surface area (TPSA) is 38.3 Å². The predicted molar refractivity (Wildman–Crippen MR) is 86.6 cm³/mol. The average molecular weight is 319 g/mol. The molecule has 0 aliphatic rings. The van der Waals surface area contributed by atoms with E-state index in [0.717, 1.165) is 11.3 Å². The predicted octanol–water partition coefficient (Wildman–Crippen LogP) is 3.63. The Kier molecular flexibility index (Phi) is 5.83. The van der Waals surface area contributed by atoms with Crippen LogP contribution in [0.25, 0.3) is 0 Å². The number of carbonyl (C=O) groups is 1. The highest BCUT2D eigenvalue weighted by Crippen LogP contribution is 2.25. The van der Waals surface area contributed by atoms with E-state index in [1.165, 1.54) is 17.8 Å². The molecule has 1 N–H and O–H groups in total. The van der Waals surface area contributed by atoms with E-state index in [4.69, 9.17) is 4.74 Å². The molecule has 0 aliphatic carbocycles. The molecule has 0 radical (unpaired) electrons. The van der Waals surface area contributed by atoms with Crippen LogP contribution in [0.3, 0.4) is 0 Å². The minimum atomic E-state index is -0.366. The molecule has 1 unspecified atom stereocenters. The Morgan fingerprint density at radius 1 is 1.23 bits per heavy atom. The van der Waals surface area contributed by atoms with Gasteiger partial charge < -0.3 is 10.1 Å². The maximum atomic E-state index is 13.6. The fourth-order valence-electron chi connectivity index (χ4n) is 1.86. The van der Waals surface area contributed by atoms with Crippen LogP contribution in [0.1, 0.15) is 12.5 Å². The van der Waals surface area contributed by atoms with Gasteiger partial charge in [0.1, 0.15) is 11.6 Å². The monoisotopic (exact) mass is 319 g/mol. The van der Waals surface area contributed by atoms with Crippen molar-refractivity contribution in [1.82, 2.24) is 5.32 Å². The molecular formula is C17H18FNO2S. The van der Waals surface area contributed by atoms with Gasteiger partial charge in [0, 0.05) is 11.4 Å². The van der Waals surface area contributed by atoms with Crippen molar-refractivity contribution in [1.29, 1.82) is 0 Å². The molecule has 0 saturated carbocycles. The number of nitrogens with one attached hydrogen (secondary N) is 1. The fraction of sp³-hybridized carbons (Fsp3) is 0.235. The normalized spacial score (nSPS) is 11.8. The van der Waals surface area contributed by atoms with Crippen LogP contribution < -0.4 is 10.1 Å². The highest BCUT2D eigenvalue weighted by Gasteiger charge is 2.15. The molecule has 1 atom stereocenters. The zero-order chi connectivity index (χ0) is 15.9. The molecule has 0 heterocycles. The van der Waals surface area contributed by atoms with Gasteiger partial charge in [-0.25, -0.2) is 4.39 Å². The number of thioether (sulfide) groups is 1. The van der Waals surface area contributed by atoms with Gasteiger partial charge in [0.05, 0.1) is 12.4 Å². The van der Waals surface area contributed by atoms with Crippen molar-refractivity contribution < 1.29 is 13.9 Å². The Bertz CT molecular complexity index is 631. The standard InChI is InChI=1S/C17H18FNO2S/c1-12(22-16-6-4-3-5-15(16)18)17(20)19-11-13-7-9-14(21-2)10-8-13/h3-10,12H,11H2,1-2H3,(H,19,20). The minimum absolute atomic E-state index is 0.121. The lowest BCUT2D eigenvalue weighted by atomic mass is 10.2. The Balaban J connectivity index is 1.87. The number of hydrogen-bond donors (Lipinski definition) is 1. The Morgan fingerprint density at radius 2 is 1.91 bits per heavy atom. The summed E-state index contributed by atoms with van der Waals surface area (Å²) in [6, 6.07) is 13.9. The first kappa shape index (κ1) is 16.4. The molecule has 1 amide bonds. The summed E-state index contributed by atoms with van der Waals surface area (Å²) in [7, 11) is 1.61. The molecule has 0 aromatic heterocycles. The van der Waals surface area contributed by atoms with E-state index in [9.17, 15) is 9.18 Å². The van der Waals surface area contributed by atoms with E-state index >= 15 is 0 Å². The highest BCUT2D eigenvalue weighted by atomic mass is 32.2. The molecule has 0 bridgehead atoms. The Morgan fingerprint density at radius 3 is 2.55 bits per heavy atom. The SMILES string of the molecule is COc1ccc(CNC(=O)C(C)Sc2ccccc2F)cc1. The zero-order valence-corrected chi connectivity index (χ0v) is 13.3. The molecule has 0 saturated heterocycles. The molecule has 2 aromatic rings. The van der Waals surface area contributed by atoms with Crippen LogP contribution in [0.15, 0.2) is 53.4 Å². The molecule has 22 heavy (non-hydrogen) atoms. The summed E-state index contributed by atoms with van der Waals surface area (Å²) in [6.45, 7) is 2.20. The van der Waals surface area contributed by atoms with Gasteiger partial charge in [-0.05, 0) is 36.8 Å². The molecule has 0 fully saturated rings. The number of benzene rings is 2. The molecule has 2 aromatic carbocycles. The summed E-state index contributed by atoms with van der Waals surface area (Å²) in [4.78, 5) is 12.6. The third-order valence-corrected chi connectivity index (χ3v) is 4.29. The van der Waals surface area contributed by atoms with E-state index in [0.29, 0.717) is 11.4 Å². The number of amides is 1. The fourth-order valence-corrected chi connectivity index (χ4v) is 2.77. The molecule has 116 valence electrons. The van der Waals surface area contributed by atoms with Crippen molar-refractivity contribution in [3.8, 4) is 5.75 Å². The van der Waals surface area contributed by atoms with Crippen LogP contribution in [-0.2, 0) is 11.3 Å². The largest absolute Gasteiger partial charge is 0.497 e. The highest BCUT2D eigenvalue weighted by molar-refractivity contribution is 8.00. The van der Waals surface area contributed by atoms with E-state index in [2.05, 4.69) is 5.32 Å². The maximum Gasteiger partial charge on any atom is 0.233 e. The number of carbonyl (C=O) groups excluding carboxylic acids is 1. The third-order valence-electron chi connectivity index (χ3n) is 3.14. The van der Waals surface area contributed by atoms with Crippen molar-refractivity contribution in [3.05, 3.63) is 59.9 Å². The van der Waals surface area contributed by atoms with Gasteiger partial charge in [-0.3, -0.25) is 4.79 Å². The number of rotatable bonds is 6. The number of methoxy groups -OCH3 is 1. The zero-order valence-electron chi connectivity index (χ0n) is 12.5. The van der Waals surface area contributed by atoms with E-state index in [-0.39, 0.29) is 17.0 Å². The van der Waals surface area contributed by atoms with Crippen LogP contribution in [0.4, 0.5) is 4.39 Å². The lowest BCUT2D eigenvalue weighted by Gasteiger charge is -2.12.